The summed E-state index contributed by atoms with van der Waals surface area (Å²) in [6.45, 7) is 1.73. The molecule has 0 fully saturated rings. The topological polar surface area (TPSA) is 46.2 Å². The van der Waals surface area contributed by atoms with Crippen molar-refractivity contribution in [2.75, 3.05) is 0 Å². The van der Waals surface area contributed by atoms with Gasteiger partial charge in [-0.3, -0.25) is 0 Å². The van der Waals surface area contributed by atoms with Crippen LogP contribution in [0.25, 0.3) is 0 Å². The van der Waals surface area contributed by atoms with Gasteiger partial charge in [-0.05, 0) is 30.7 Å². The summed E-state index contributed by atoms with van der Waals surface area (Å²) in [5.41, 5.74) is 0.837. The Morgan fingerprint density at radius 1 is 1.15 bits per heavy atom. The van der Waals surface area contributed by atoms with Gasteiger partial charge in [-0.2, -0.15) is 0 Å². The van der Waals surface area contributed by atoms with Gasteiger partial charge in [0.2, 0.25) is 10.0 Å². The van der Waals surface area contributed by atoms with E-state index in [2.05, 4.69) is 4.72 Å². The van der Waals surface area contributed by atoms with Crippen LogP contribution in [-0.2, 0) is 10.0 Å². The van der Waals surface area contributed by atoms with Gasteiger partial charge in [0.1, 0.15) is 5.82 Å². The molecule has 1 N–H and O–H groups in total. The largest absolute Gasteiger partial charge is 0.241 e. The molecule has 0 aliphatic rings. The molecule has 0 aromatic heterocycles. The van der Waals surface area contributed by atoms with Gasteiger partial charge in [-0.1, -0.05) is 41.9 Å². The van der Waals surface area contributed by atoms with E-state index in [1.807, 2.05) is 30.3 Å². The van der Waals surface area contributed by atoms with E-state index in [-0.39, 0.29) is 9.92 Å². The third-order valence-electron chi connectivity index (χ3n) is 2.83. The minimum atomic E-state index is -3.75. The second-order valence-electron chi connectivity index (χ2n) is 4.33. The van der Waals surface area contributed by atoms with Gasteiger partial charge >= 0.3 is 0 Å². The van der Waals surface area contributed by atoms with Crippen LogP contribution in [-0.4, -0.2) is 8.42 Å². The lowest BCUT2D eigenvalue weighted by atomic mass is 10.1. The molecule has 0 amide bonds. The molecule has 0 spiro atoms. The Hall–Kier alpha value is -1.43. The van der Waals surface area contributed by atoms with Gasteiger partial charge in [-0.15, -0.1) is 0 Å². The van der Waals surface area contributed by atoms with Gasteiger partial charge in [0, 0.05) is 6.04 Å². The molecule has 6 heteroatoms. The predicted octanol–water partition coefficient (Wildman–Crippen LogP) is 3.52. The molecule has 0 aliphatic carbocycles. The molecular formula is C14H13ClFNO2S. The molecule has 0 bridgehead atoms. The summed E-state index contributed by atoms with van der Waals surface area (Å²) in [4.78, 5) is -0.0633. The minimum absolute atomic E-state index is 0.0633. The normalized spacial score (nSPS) is 13.2. The third kappa shape index (κ3) is 3.36. The standard InChI is InChI=1S/C14H13ClFNO2S/c1-10(11-5-3-2-4-6-11)17-20(18,19)12-7-8-14(16)13(15)9-12/h2-10,17H,1H3. The van der Waals surface area contributed by atoms with E-state index >= 15 is 0 Å². The van der Waals surface area contributed by atoms with Crippen LogP contribution in [0.3, 0.4) is 0 Å². The van der Waals surface area contributed by atoms with Crippen molar-refractivity contribution in [2.24, 2.45) is 0 Å². The zero-order valence-electron chi connectivity index (χ0n) is 10.7. The number of nitrogens with one attached hydrogen (secondary N) is 1. The van der Waals surface area contributed by atoms with E-state index in [9.17, 15) is 12.8 Å². The van der Waals surface area contributed by atoms with Crippen molar-refractivity contribution in [2.45, 2.75) is 17.9 Å². The van der Waals surface area contributed by atoms with E-state index in [1.54, 1.807) is 6.92 Å². The fourth-order valence-electron chi connectivity index (χ4n) is 1.75. The fourth-order valence-corrected chi connectivity index (χ4v) is 3.26. The number of benzene rings is 2. The summed E-state index contributed by atoms with van der Waals surface area (Å²) in [5.74, 6) is -0.651. The highest BCUT2D eigenvalue weighted by atomic mass is 35.5. The van der Waals surface area contributed by atoms with E-state index < -0.39 is 21.9 Å². The molecule has 1 atom stereocenters. The number of halogens is 2. The van der Waals surface area contributed by atoms with E-state index in [1.165, 1.54) is 6.07 Å². The molecule has 3 nitrogen and oxygen atoms in total. The Labute approximate surface area is 122 Å². The van der Waals surface area contributed by atoms with Crippen LogP contribution >= 0.6 is 11.6 Å². The molecule has 1 unspecified atom stereocenters. The quantitative estimate of drug-likeness (QED) is 0.938. The first-order valence-corrected chi connectivity index (χ1v) is 7.78. The maximum absolute atomic E-state index is 13.1. The van der Waals surface area contributed by atoms with Gasteiger partial charge in [0.15, 0.2) is 0 Å². The summed E-state index contributed by atoms with van der Waals surface area (Å²) in [6.07, 6.45) is 0. The van der Waals surface area contributed by atoms with Gasteiger partial charge in [-0.25, -0.2) is 17.5 Å². The summed E-state index contributed by atoms with van der Waals surface area (Å²) >= 11 is 5.61. The van der Waals surface area contributed by atoms with Crippen LogP contribution in [0.4, 0.5) is 4.39 Å². The van der Waals surface area contributed by atoms with Gasteiger partial charge in [0.25, 0.3) is 0 Å². The summed E-state index contributed by atoms with van der Waals surface area (Å²) < 4.78 is 40.0. The predicted molar refractivity (Wildman–Crippen MR) is 76.6 cm³/mol. The number of hydrogen-bond donors (Lipinski definition) is 1. The lowest BCUT2D eigenvalue weighted by molar-refractivity contribution is 0.566. The molecule has 0 saturated heterocycles. The molecule has 0 heterocycles. The zero-order valence-corrected chi connectivity index (χ0v) is 12.2. The molecule has 2 aromatic rings. The first-order chi connectivity index (χ1) is 9.40. The van der Waals surface area contributed by atoms with Crippen molar-refractivity contribution in [3.8, 4) is 0 Å². The van der Waals surface area contributed by atoms with Crippen molar-refractivity contribution in [1.82, 2.24) is 4.72 Å². The maximum atomic E-state index is 13.1. The Balaban J connectivity index is 2.25. The molecule has 0 saturated carbocycles. The molecule has 0 aliphatic heterocycles. The van der Waals surface area contributed by atoms with Crippen molar-refractivity contribution >= 4 is 21.6 Å². The molecule has 106 valence electrons. The number of sulfonamides is 1. The number of hydrogen-bond acceptors (Lipinski definition) is 2. The minimum Gasteiger partial charge on any atom is -0.207 e. The molecule has 2 aromatic carbocycles. The Kier molecular flexibility index (Phi) is 4.42. The van der Waals surface area contributed by atoms with Crippen molar-refractivity contribution in [1.29, 1.82) is 0 Å². The highest BCUT2D eigenvalue weighted by Crippen LogP contribution is 2.21. The van der Waals surface area contributed by atoms with Gasteiger partial charge in [0.05, 0.1) is 9.92 Å². The maximum Gasteiger partial charge on any atom is 0.241 e. The summed E-state index contributed by atoms with van der Waals surface area (Å²) in [7, 11) is -3.75. The Morgan fingerprint density at radius 2 is 1.80 bits per heavy atom. The van der Waals surface area contributed by atoms with Crippen molar-refractivity contribution in [3.05, 3.63) is 64.9 Å². The second-order valence-corrected chi connectivity index (χ2v) is 6.45. The van der Waals surface area contributed by atoms with Crippen molar-refractivity contribution in [3.63, 3.8) is 0 Å². The Bertz CT molecular complexity index is 704. The average molecular weight is 314 g/mol. The van der Waals surface area contributed by atoms with Crippen LogP contribution in [0, 0.1) is 5.82 Å². The van der Waals surface area contributed by atoms with Crippen LogP contribution in [0.5, 0.6) is 0 Å². The first-order valence-electron chi connectivity index (χ1n) is 5.92. The van der Waals surface area contributed by atoms with Gasteiger partial charge < -0.3 is 0 Å². The first kappa shape index (κ1) is 15.0. The van der Waals surface area contributed by atoms with Crippen LogP contribution in [0.2, 0.25) is 5.02 Å². The zero-order chi connectivity index (χ0) is 14.8. The smallest absolute Gasteiger partial charge is 0.207 e. The SMILES string of the molecule is CC(NS(=O)(=O)c1ccc(F)c(Cl)c1)c1ccccc1. The van der Waals surface area contributed by atoms with Crippen LogP contribution in [0.1, 0.15) is 18.5 Å². The molecule has 2 rings (SSSR count). The Morgan fingerprint density at radius 3 is 2.40 bits per heavy atom. The molecule has 20 heavy (non-hydrogen) atoms. The van der Waals surface area contributed by atoms with E-state index in [4.69, 9.17) is 11.6 Å². The highest BCUT2D eigenvalue weighted by Gasteiger charge is 2.19. The third-order valence-corrected chi connectivity index (χ3v) is 4.66. The average Bonchev–Trinajstić information content (AvgIpc) is 2.42. The van der Waals surface area contributed by atoms with Crippen LogP contribution < -0.4 is 4.72 Å². The lowest BCUT2D eigenvalue weighted by Gasteiger charge is -2.14. The molecule has 0 radical (unpaired) electrons. The lowest BCUT2D eigenvalue weighted by Crippen LogP contribution is -2.26. The summed E-state index contributed by atoms with van der Waals surface area (Å²) in [5, 5.41) is -0.222. The van der Waals surface area contributed by atoms with Crippen LogP contribution in [0.15, 0.2) is 53.4 Å². The summed E-state index contributed by atoms with van der Waals surface area (Å²) in [6, 6.07) is 12.1. The highest BCUT2D eigenvalue weighted by molar-refractivity contribution is 7.89. The van der Waals surface area contributed by atoms with E-state index in [0.717, 1.165) is 17.7 Å². The second kappa shape index (κ2) is 5.91. The number of rotatable bonds is 4. The monoisotopic (exact) mass is 313 g/mol. The molecular weight excluding hydrogens is 301 g/mol. The van der Waals surface area contributed by atoms with E-state index in [0.29, 0.717) is 0 Å². The fraction of sp³-hybridized carbons (Fsp3) is 0.143. The van der Waals surface area contributed by atoms with Crippen molar-refractivity contribution < 1.29 is 12.8 Å².